The van der Waals surface area contributed by atoms with Gasteiger partial charge in [0.05, 0.1) is 6.04 Å². The maximum Gasteiger partial charge on any atom is 0.260 e. The predicted octanol–water partition coefficient (Wildman–Crippen LogP) is 4.06. The number of hydrogen-bond acceptors (Lipinski definition) is 4. The van der Waals surface area contributed by atoms with Gasteiger partial charge in [-0.25, -0.2) is 0 Å². The molecule has 2 fully saturated rings. The van der Waals surface area contributed by atoms with E-state index in [0.717, 1.165) is 18.5 Å². The normalized spacial score (nSPS) is 18.3. The van der Waals surface area contributed by atoms with E-state index in [9.17, 15) is 9.59 Å². The lowest BCUT2D eigenvalue weighted by molar-refractivity contribution is -0.136. The van der Waals surface area contributed by atoms with Gasteiger partial charge in [-0.2, -0.15) is 0 Å². The largest absolute Gasteiger partial charge is 0.484 e. The molecule has 1 aliphatic carbocycles. The van der Waals surface area contributed by atoms with Crippen LogP contribution in [-0.2, 0) is 9.59 Å². The Labute approximate surface area is 194 Å². The van der Waals surface area contributed by atoms with Gasteiger partial charge in [-0.05, 0) is 49.1 Å². The van der Waals surface area contributed by atoms with Crippen molar-refractivity contribution in [1.82, 2.24) is 9.80 Å². The van der Waals surface area contributed by atoms with E-state index < -0.39 is 0 Å². The van der Waals surface area contributed by atoms with Gasteiger partial charge < -0.3 is 15.0 Å². The van der Waals surface area contributed by atoms with Crippen LogP contribution < -0.4 is 10.1 Å². The van der Waals surface area contributed by atoms with E-state index in [1.54, 1.807) is 12.1 Å². The average Bonchev–Trinajstić information content (AvgIpc) is 3.33. The molecule has 0 bridgehead atoms. The van der Waals surface area contributed by atoms with E-state index in [-0.39, 0.29) is 24.5 Å². The number of carbonyl (C=O) groups excluding carboxylic acids is 2. The molecule has 1 saturated carbocycles. The smallest absolute Gasteiger partial charge is 0.260 e. The number of benzene rings is 2. The molecule has 1 N–H and O–H groups in total. The summed E-state index contributed by atoms with van der Waals surface area (Å²) in [4.78, 5) is 30.0. The number of ether oxygens (including phenoxy) is 1. The number of halogens is 1. The van der Waals surface area contributed by atoms with Gasteiger partial charge in [0, 0.05) is 36.9 Å². The van der Waals surface area contributed by atoms with Crippen molar-refractivity contribution in [2.75, 3.05) is 38.1 Å². The van der Waals surface area contributed by atoms with Crippen molar-refractivity contribution in [1.29, 1.82) is 0 Å². The maximum atomic E-state index is 13.3. The molecular formula is C25H30ClN3O3. The summed E-state index contributed by atoms with van der Waals surface area (Å²) < 4.78 is 5.61. The molecule has 0 radical (unpaired) electrons. The van der Waals surface area contributed by atoms with Crippen LogP contribution in [0.25, 0.3) is 0 Å². The lowest BCUT2D eigenvalue weighted by Crippen LogP contribution is -2.57. The fraction of sp³-hybridized carbons (Fsp3) is 0.440. The standard InChI is InChI=1S/C25H30ClN3O3/c26-20-9-6-10-21(17-20)27-25(31)24(19-7-4-5-8-19)29-15-13-28(14-16-29)23(30)18-32-22-11-2-1-3-12-22/h1-3,6,9-12,17,19,24H,4-5,7-8,13-16,18H2,(H,27,31). The Balaban J connectivity index is 1.35. The summed E-state index contributed by atoms with van der Waals surface area (Å²) in [6.07, 6.45) is 4.47. The highest BCUT2D eigenvalue weighted by Gasteiger charge is 2.37. The summed E-state index contributed by atoms with van der Waals surface area (Å²) in [5, 5.41) is 3.67. The monoisotopic (exact) mass is 455 g/mol. The van der Waals surface area contributed by atoms with Gasteiger partial charge in [0.25, 0.3) is 5.91 Å². The first-order chi connectivity index (χ1) is 15.6. The van der Waals surface area contributed by atoms with Crippen molar-refractivity contribution in [3.8, 4) is 5.75 Å². The van der Waals surface area contributed by atoms with E-state index >= 15 is 0 Å². The van der Waals surface area contributed by atoms with E-state index in [1.165, 1.54) is 12.8 Å². The number of piperazine rings is 1. The van der Waals surface area contributed by atoms with Crippen molar-refractivity contribution < 1.29 is 14.3 Å². The summed E-state index contributed by atoms with van der Waals surface area (Å²) in [7, 11) is 0. The number of para-hydroxylation sites is 1. The number of hydrogen-bond donors (Lipinski definition) is 1. The van der Waals surface area contributed by atoms with Gasteiger partial charge in [-0.1, -0.05) is 48.7 Å². The van der Waals surface area contributed by atoms with Crippen LogP contribution in [0.5, 0.6) is 5.75 Å². The third-order valence-electron chi connectivity index (χ3n) is 6.37. The summed E-state index contributed by atoms with van der Waals surface area (Å²) in [5.41, 5.74) is 0.720. The number of rotatable bonds is 7. The zero-order chi connectivity index (χ0) is 22.3. The third kappa shape index (κ3) is 5.81. The van der Waals surface area contributed by atoms with E-state index in [4.69, 9.17) is 16.3 Å². The number of amides is 2. The fourth-order valence-electron chi connectivity index (χ4n) is 4.74. The average molecular weight is 456 g/mol. The predicted molar refractivity (Wildman–Crippen MR) is 126 cm³/mol. The van der Waals surface area contributed by atoms with Gasteiger partial charge >= 0.3 is 0 Å². The molecule has 0 aromatic heterocycles. The van der Waals surface area contributed by atoms with Crippen LogP contribution in [0.3, 0.4) is 0 Å². The minimum atomic E-state index is -0.186. The highest BCUT2D eigenvalue weighted by molar-refractivity contribution is 6.30. The molecule has 2 aromatic carbocycles. The van der Waals surface area contributed by atoms with Gasteiger partial charge in [0.1, 0.15) is 5.75 Å². The van der Waals surface area contributed by atoms with Crippen LogP contribution in [0.15, 0.2) is 54.6 Å². The fourth-order valence-corrected chi connectivity index (χ4v) is 4.93. The zero-order valence-electron chi connectivity index (χ0n) is 18.2. The van der Waals surface area contributed by atoms with Crippen LogP contribution in [0, 0.1) is 5.92 Å². The van der Waals surface area contributed by atoms with Gasteiger partial charge in [-0.15, -0.1) is 0 Å². The summed E-state index contributed by atoms with van der Waals surface area (Å²) >= 11 is 6.08. The van der Waals surface area contributed by atoms with E-state index in [0.29, 0.717) is 42.9 Å². The lowest BCUT2D eigenvalue weighted by atomic mass is 9.95. The molecule has 170 valence electrons. The molecule has 1 atom stereocenters. The number of anilines is 1. The molecule has 0 spiro atoms. The Bertz CT molecular complexity index is 910. The van der Waals surface area contributed by atoms with Crippen molar-refractivity contribution >= 4 is 29.1 Å². The van der Waals surface area contributed by atoms with Gasteiger partial charge in [0.2, 0.25) is 5.91 Å². The minimum absolute atomic E-state index is 0.0192. The number of carbonyl (C=O) groups is 2. The van der Waals surface area contributed by atoms with Crippen LogP contribution in [0.4, 0.5) is 5.69 Å². The highest BCUT2D eigenvalue weighted by Crippen LogP contribution is 2.32. The molecule has 32 heavy (non-hydrogen) atoms. The Morgan fingerprint density at radius 3 is 2.41 bits per heavy atom. The number of nitrogens with zero attached hydrogens (tertiary/aromatic N) is 2. The minimum Gasteiger partial charge on any atom is -0.484 e. The Morgan fingerprint density at radius 1 is 1.00 bits per heavy atom. The molecular weight excluding hydrogens is 426 g/mol. The zero-order valence-corrected chi connectivity index (χ0v) is 19.0. The second-order valence-corrected chi connectivity index (χ2v) is 8.94. The maximum absolute atomic E-state index is 13.3. The van der Waals surface area contributed by atoms with Crippen molar-refractivity contribution in [2.24, 2.45) is 5.92 Å². The molecule has 2 aliphatic rings. The molecule has 7 heteroatoms. The first-order valence-corrected chi connectivity index (χ1v) is 11.7. The summed E-state index contributed by atoms with van der Waals surface area (Å²) in [6.45, 7) is 2.60. The van der Waals surface area contributed by atoms with Gasteiger partial charge in [0.15, 0.2) is 6.61 Å². The molecule has 2 amide bonds. The van der Waals surface area contributed by atoms with Crippen LogP contribution in [0.1, 0.15) is 25.7 Å². The lowest BCUT2D eigenvalue weighted by Gasteiger charge is -2.40. The molecule has 4 rings (SSSR count). The van der Waals surface area contributed by atoms with Crippen molar-refractivity contribution in [2.45, 2.75) is 31.7 Å². The van der Waals surface area contributed by atoms with Crippen molar-refractivity contribution in [3.05, 3.63) is 59.6 Å². The number of nitrogens with one attached hydrogen (secondary N) is 1. The topological polar surface area (TPSA) is 61.9 Å². The second kappa shape index (κ2) is 10.8. The van der Waals surface area contributed by atoms with Crippen LogP contribution in [-0.4, -0.2) is 60.4 Å². The molecule has 2 aromatic rings. The van der Waals surface area contributed by atoms with E-state index in [1.807, 2.05) is 47.4 Å². The molecule has 1 saturated heterocycles. The summed E-state index contributed by atoms with van der Waals surface area (Å²) in [5.74, 6) is 1.04. The molecule has 1 heterocycles. The molecule has 6 nitrogen and oxygen atoms in total. The SMILES string of the molecule is O=C(Nc1cccc(Cl)c1)C(C1CCCC1)N1CCN(C(=O)COc2ccccc2)CC1. The van der Waals surface area contributed by atoms with E-state index in [2.05, 4.69) is 10.2 Å². The Hall–Kier alpha value is -2.57. The quantitative estimate of drug-likeness (QED) is 0.683. The summed E-state index contributed by atoms with van der Waals surface area (Å²) in [6, 6.07) is 16.4. The molecule has 1 aliphatic heterocycles. The highest BCUT2D eigenvalue weighted by atomic mass is 35.5. The van der Waals surface area contributed by atoms with Crippen LogP contribution >= 0.6 is 11.6 Å². The van der Waals surface area contributed by atoms with Gasteiger partial charge in [-0.3, -0.25) is 14.5 Å². The first-order valence-electron chi connectivity index (χ1n) is 11.4. The first kappa shape index (κ1) is 22.6. The Morgan fingerprint density at radius 2 is 1.72 bits per heavy atom. The molecule has 1 unspecified atom stereocenters. The second-order valence-electron chi connectivity index (χ2n) is 8.51. The van der Waals surface area contributed by atoms with Crippen molar-refractivity contribution in [3.63, 3.8) is 0 Å². The Kier molecular flexibility index (Phi) is 7.66. The third-order valence-corrected chi connectivity index (χ3v) is 6.61. The van der Waals surface area contributed by atoms with Crippen LogP contribution in [0.2, 0.25) is 5.02 Å².